The summed E-state index contributed by atoms with van der Waals surface area (Å²) in [4.78, 5) is 4.82. The quantitative estimate of drug-likeness (QED) is 0.613. The van der Waals surface area contributed by atoms with E-state index in [2.05, 4.69) is 6.07 Å². The Morgan fingerprint density at radius 2 is 2.00 bits per heavy atom. The van der Waals surface area contributed by atoms with Gasteiger partial charge in [0.15, 0.2) is 11.5 Å². The first-order chi connectivity index (χ1) is 12.3. The second-order valence-corrected chi connectivity index (χ2v) is 7.44. The molecular formula is C20H20N2O2S. The molecule has 128 valence electrons. The van der Waals surface area contributed by atoms with Crippen molar-refractivity contribution in [2.75, 3.05) is 12.4 Å². The molecule has 0 fully saturated rings. The molecule has 2 aliphatic rings. The Labute approximate surface area is 152 Å². The first-order valence-electron chi connectivity index (χ1n) is 8.77. The van der Waals surface area contributed by atoms with Gasteiger partial charge in [0, 0.05) is 11.4 Å². The number of aromatic nitrogens is 1. The van der Waals surface area contributed by atoms with Gasteiger partial charge in [0.1, 0.15) is 23.8 Å². The third-order valence-corrected chi connectivity index (χ3v) is 5.73. The summed E-state index contributed by atoms with van der Waals surface area (Å²) in [6.07, 6.45) is 5.65. The van der Waals surface area contributed by atoms with Gasteiger partial charge in [-0.05, 0) is 49.4 Å². The van der Waals surface area contributed by atoms with Gasteiger partial charge in [-0.15, -0.1) is 11.8 Å². The van der Waals surface area contributed by atoms with Crippen LogP contribution in [-0.4, -0.2) is 23.4 Å². The molecular weight excluding hydrogens is 332 g/mol. The summed E-state index contributed by atoms with van der Waals surface area (Å²) in [6.45, 7) is 0.525. The first kappa shape index (κ1) is 16.3. The average Bonchev–Trinajstić information content (AvgIpc) is 2.90. The van der Waals surface area contributed by atoms with Crippen LogP contribution in [0.2, 0.25) is 0 Å². The highest BCUT2D eigenvalue weighted by Gasteiger charge is 2.22. The second kappa shape index (κ2) is 7.37. The van der Waals surface area contributed by atoms with Crippen LogP contribution in [-0.2, 0) is 12.8 Å². The van der Waals surface area contributed by atoms with Gasteiger partial charge in [-0.2, -0.15) is 5.26 Å². The molecule has 2 heterocycles. The van der Waals surface area contributed by atoms with Gasteiger partial charge in [0.05, 0.1) is 5.56 Å². The van der Waals surface area contributed by atoms with Crippen LogP contribution in [0.5, 0.6) is 11.5 Å². The van der Waals surface area contributed by atoms with E-state index in [4.69, 9.17) is 14.5 Å². The van der Waals surface area contributed by atoms with Crippen LogP contribution in [0.15, 0.2) is 35.4 Å². The Balaban J connectivity index is 1.48. The van der Waals surface area contributed by atoms with Crippen molar-refractivity contribution in [2.24, 2.45) is 0 Å². The molecule has 0 saturated carbocycles. The number of hydrogen-bond acceptors (Lipinski definition) is 5. The number of ether oxygens (including phenoxy) is 2. The van der Waals surface area contributed by atoms with Gasteiger partial charge in [-0.1, -0.05) is 18.6 Å². The Bertz CT molecular complexity index is 816. The van der Waals surface area contributed by atoms with E-state index in [9.17, 15) is 5.26 Å². The molecule has 4 rings (SSSR count). The maximum Gasteiger partial charge on any atom is 0.161 e. The third kappa shape index (κ3) is 3.59. The lowest BCUT2D eigenvalue weighted by molar-refractivity contribution is 0.107. The molecule has 1 aromatic carbocycles. The van der Waals surface area contributed by atoms with Gasteiger partial charge < -0.3 is 9.47 Å². The molecule has 1 aromatic heterocycles. The number of para-hydroxylation sites is 2. The van der Waals surface area contributed by atoms with Crippen LogP contribution in [0.4, 0.5) is 0 Å². The van der Waals surface area contributed by atoms with Crippen LogP contribution in [0.1, 0.15) is 36.1 Å². The van der Waals surface area contributed by atoms with Crippen LogP contribution >= 0.6 is 11.8 Å². The molecule has 1 aliphatic heterocycles. The minimum atomic E-state index is -0.0351. The van der Waals surface area contributed by atoms with E-state index in [-0.39, 0.29) is 6.10 Å². The fraction of sp³-hybridized carbons (Fsp3) is 0.400. The van der Waals surface area contributed by atoms with Crippen LogP contribution in [0.25, 0.3) is 0 Å². The Morgan fingerprint density at radius 1 is 1.16 bits per heavy atom. The molecule has 0 N–H and O–H groups in total. The summed E-state index contributed by atoms with van der Waals surface area (Å²) in [5.41, 5.74) is 3.11. The molecule has 1 atom stereocenters. The maximum atomic E-state index is 9.50. The molecule has 25 heavy (non-hydrogen) atoms. The summed E-state index contributed by atoms with van der Waals surface area (Å²) in [6, 6.07) is 12.1. The molecule has 0 amide bonds. The van der Waals surface area contributed by atoms with E-state index in [0.717, 1.165) is 35.1 Å². The highest BCUT2D eigenvalue weighted by molar-refractivity contribution is 7.99. The largest absolute Gasteiger partial charge is 0.486 e. The maximum absolute atomic E-state index is 9.50. The topological polar surface area (TPSA) is 55.1 Å². The number of aryl methyl sites for hydroxylation is 2. The normalized spacial score (nSPS) is 18.8. The zero-order valence-electron chi connectivity index (χ0n) is 14.0. The van der Waals surface area contributed by atoms with Crippen molar-refractivity contribution >= 4 is 11.8 Å². The number of nitrogens with zero attached hydrogens (tertiary/aromatic N) is 2. The van der Waals surface area contributed by atoms with Crippen LogP contribution in [0, 0.1) is 11.3 Å². The second-order valence-electron chi connectivity index (χ2n) is 6.43. The van der Waals surface area contributed by atoms with Gasteiger partial charge in [0.2, 0.25) is 0 Å². The van der Waals surface area contributed by atoms with Crippen molar-refractivity contribution < 1.29 is 9.47 Å². The third-order valence-electron chi connectivity index (χ3n) is 4.61. The number of rotatable bonds is 3. The Hall–Kier alpha value is -2.19. The number of nitriles is 1. The Kier molecular flexibility index (Phi) is 4.80. The highest BCUT2D eigenvalue weighted by Crippen LogP contribution is 2.33. The average molecular weight is 352 g/mol. The molecule has 0 spiro atoms. The fourth-order valence-corrected chi connectivity index (χ4v) is 4.24. The monoisotopic (exact) mass is 352 g/mol. The van der Waals surface area contributed by atoms with E-state index in [1.807, 2.05) is 30.3 Å². The predicted octanol–water partition coefficient (Wildman–Crippen LogP) is 4.15. The number of pyridine rings is 1. The lowest BCUT2D eigenvalue weighted by Gasteiger charge is -2.26. The highest BCUT2D eigenvalue weighted by atomic mass is 32.2. The standard InChI is InChI=1S/C20H20N2O2S/c21-11-15-10-14-6-2-1-3-7-17(14)22-20(15)25-13-16-12-23-18-8-4-5-9-19(18)24-16/h4-5,8-10,16H,1-3,6-7,12-13H2. The number of thioether (sulfide) groups is 1. The van der Waals surface area contributed by atoms with E-state index in [1.165, 1.54) is 30.5 Å². The lowest BCUT2D eigenvalue weighted by atomic mass is 10.1. The van der Waals surface area contributed by atoms with Crippen LogP contribution < -0.4 is 9.47 Å². The van der Waals surface area contributed by atoms with Crippen molar-refractivity contribution in [3.05, 3.63) is 47.2 Å². The summed E-state index contributed by atoms with van der Waals surface area (Å²) in [5.74, 6) is 2.30. The zero-order valence-corrected chi connectivity index (χ0v) is 14.8. The molecule has 1 aliphatic carbocycles. The van der Waals surface area contributed by atoms with Crippen molar-refractivity contribution in [2.45, 2.75) is 43.2 Å². The smallest absolute Gasteiger partial charge is 0.161 e. The molecule has 2 aromatic rings. The van der Waals surface area contributed by atoms with Gasteiger partial charge in [0.25, 0.3) is 0 Å². The SMILES string of the molecule is N#Cc1cc2c(nc1SCC1COc3ccccc3O1)CCCCC2. The molecule has 0 saturated heterocycles. The summed E-state index contributed by atoms with van der Waals surface area (Å²) in [7, 11) is 0. The summed E-state index contributed by atoms with van der Waals surface area (Å²) in [5, 5.41) is 10.3. The van der Waals surface area contributed by atoms with Crippen molar-refractivity contribution in [1.29, 1.82) is 5.26 Å². The van der Waals surface area contributed by atoms with E-state index in [1.54, 1.807) is 11.8 Å². The lowest BCUT2D eigenvalue weighted by Crippen LogP contribution is -2.31. The number of benzene rings is 1. The minimum Gasteiger partial charge on any atom is -0.486 e. The van der Waals surface area contributed by atoms with Gasteiger partial charge >= 0.3 is 0 Å². The molecule has 0 radical (unpaired) electrons. The van der Waals surface area contributed by atoms with Crippen molar-refractivity contribution in [3.8, 4) is 17.6 Å². The molecule has 4 nitrogen and oxygen atoms in total. The molecule has 0 bridgehead atoms. The minimum absolute atomic E-state index is 0.0351. The van der Waals surface area contributed by atoms with E-state index >= 15 is 0 Å². The van der Waals surface area contributed by atoms with Gasteiger partial charge in [-0.3, -0.25) is 0 Å². The summed E-state index contributed by atoms with van der Waals surface area (Å²) < 4.78 is 11.8. The number of hydrogen-bond donors (Lipinski definition) is 0. The van der Waals surface area contributed by atoms with E-state index in [0.29, 0.717) is 12.2 Å². The number of fused-ring (bicyclic) bond motifs is 2. The zero-order chi connectivity index (χ0) is 17.1. The van der Waals surface area contributed by atoms with Gasteiger partial charge in [-0.25, -0.2) is 4.98 Å². The molecule has 1 unspecified atom stereocenters. The fourth-order valence-electron chi connectivity index (χ4n) is 3.30. The Morgan fingerprint density at radius 3 is 2.88 bits per heavy atom. The van der Waals surface area contributed by atoms with Crippen molar-refractivity contribution in [1.82, 2.24) is 4.98 Å². The van der Waals surface area contributed by atoms with Crippen LogP contribution in [0.3, 0.4) is 0 Å². The van der Waals surface area contributed by atoms with Crippen molar-refractivity contribution in [3.63, 3.8) is 0 Å². The predicted molar refractivity (Wildman–Crippen MR) is 97.3 cm³/mol. The first-order valence-corrected chi connectivity index (χ1v) is 9.76. The molecule has 5 heteroatoms. The van der Waals surface area contributed by atoms with E-state index < -0.39 is 0 Å². The summed E-state index contributed by atoms with van der Waals surface area (Å²) >= 11 is 1.59.